The lowest BCUT2D eigenvalue weighted by molar-refractivity contribution is -0.00408. The van der Waals surface area contributed by atoms with Gasteiger partial charge in [-0.25, -0.2) is 4.98 Å². The fraction of sp³-hybridized carbons (Fsp3) is 0.824. The minimum Gasteiger partial charge on any atom is -0.332 e. The predicted molar refractivity (Wildman–Crippen MR) is 78.4 cm³/mol. The van der Waals surface area contributed by atoms with Gasteiger partial charge in [0.05, 0.1) is 11.7 Å². The van der Waals surface area contributed by atoms with Crippen molar-refractivity contribution in [2.24, 2.45) is 23.7 Å². The summed E-state index contributed by atoms with van der Waals surface area (Å²) in [5.41, 5.74) is 1.43. The third-order valence-electron chi connectivity index (χ3n) is 6.58. The quantitative estimate of drug-likeness (QED) is 0.850. The van der Waals surface area contributed by atoms with E-state index in [9.17, 15) is 0 Å². The van der Waals surface area contributed by atoms with E-state index in [2.05, 4.69) is 23.0 Å². The first-order chi connectivity index (χ1) is 9.78. The molecule has 1 atom stereocenters. The lowest BCUT2D eigenvalue weighted by Gasteiger charge is -2.54. The van der Waals surface area contributed by atoms with Gasteiger partial charge in [-0.3, -0.25) is 0 Å². The fourth-order valence-corrected chi connectivity index (χ4v) is 6.04. The van der Waals surface area contributed by atoms with Gasteiger partial charge in [-0.1, -0.05) is 0 Å². The van der Waals surface area contributed by atoms with Gasteiger partial charge in [0.15, 0.2) is 0 Å². The Morgan fingerprint density at radius 3 is 2.45 bits per heavy atom. The largest absolute Gasteiger partial charge is 0.332 e. The Hall–Kier alpha value is -0.830. The average Bonchev–Trinajstić information content (AvgIpc) is 2.82. The van der Waals surface area contributed by atoms with Crippen molar-refractivity contribution in [3.63, 3.8) is 0 Å². The second kappa shape index (κ2) is 4.09. The maximum absolute atomic E-state index is 5.08. The van der Waals surface area contributed by atoms with Crippen LogP contribution in [0.15, 0.2) is 6.20 Å². The second-order valence-corrected chi connectivity index (χ2v) is 7.85. The number of rotatable bonds is 1. The summed E-state index contributed by atoms with van der Waals surface area (Å²) in [6, 6.07) is 0.425. The minimum atomic E-state index is 0.425. The van der Waals surface area contributed by atoms with Crippen LogP contribution in [-0.4, -0.2) is 16.1 Å². The number of hydrogen-bond donors (Lipinski definition) is 1. The van der Waals surface area contributed by atoms with Gasteiger partial charge in [0, 0.05) is 25.2 Å². The Balaban J connectivity index is 1.51. The van der Waals surface area contributed by atoms with E-state index < -0.39 is 0 Å². The molecule has 1 aliphatic heterocycles. The molecule has 1 N–H and O–H groups in total. The van der Waals surface area contributed by atoms with Crippen LogP contribution in [0.2, 0.25) is 0 Å². The Kier molecular flexibility index (Phi) is 2.41. The van der Waals surface area contributed by atoms with Crippen LogP contribution >= 0.6 is 0 Å². The third kappa shape index (κ3) is 1.59. The standard InChI is InChI=1S/C17H25N3/c1-10-17-19-15(9-20(17)3-2-18-10)16-13-5-11-4-12(7-13)8-14(16)6-11/h9-14,16,18H,2-8H2,1H3. The van der Waals surface area contributed by atoms with Crippen LogP contribution < -0.4 is 5.32 Å². The van der Waals surface area contributed by atoms with Crippen molar-refractivity contribution >= 4 is 0 Å². The van der Waals surface area contributed by atoms with E-state index in [-0.39, 0.29) is 0 Å². The van der Waals surface area contributed by atoms with E-state index in [0.717, 1.165) is 42.7 Å². The Bertz CT molecular complexity index is 504. The van der Waals surface area contributed by atoms with E-state index in [1.807, 2.05) is 0 Å². The maximum Gasteiger partial charge on any atom is 0.125 e. The third-order valence-corrected chi connectivity index (χ3v) is 6.58. The smallest absolute Gasteiger partial charge is 0.125 e. The summed E-state index contributed by atoms with van der Waals surface area (Å²) in [7, 11) is 0. The zero-order valence-corrected chi connectivity index (χ0v) is 12.4. The molecular weight excluding hydrogens is 246 g/mol. The van der Waals surface area contributed by atoms with Crippen LogP contribution in [0.25, 0.3) is 0 Å². The first-order valence-corrected chi connectivity index (χ1v) is 8.58. The zero-order valence-electron chi connectivity index (χ0n) is 12.4. The lowest BCUT2D eigenvalue weighted by atomic mass is 9.51. The SMILES string of the molecule is CC1NCCn2cc(C3C4CC5CC(C4)CC3C5)nc21. The molecule has 4 saturated carbocycles. The maximum atomic E-state index is 5.08. The van der Waals surface area contributed by atoms with Gasteiger partial charge >= 0.3 is 0 Å². The summed E-state index contributed by atoms with van der Waals surface area (Å²) in [5.74, 6) is 6.09. The first-order valence-electron chi connectivity index (χ1n) is 8.58. The van der Waals surface area contributed by atoms with Gasteiger partial charge in [-0.15, -0.1) is 0 Å². The molecule has 1 aromatic heterocycles. The molecular formula is C17H25N3. The summed E-state index contributed by atoms with van der Waals surface area (Å²) in [5, 5.41) is 3.54. The fourth-order valence-electron chi connectivity index (χ4n) is 6.04. The number of fused-ring (bicyclic) bond motifs is 1. The lowest BCUT2D eigenvalue weighted by Crippen LogP contribution is -2.43. The van der Waals surface area contributed by atoms with Crippen LogP contribution in [0, 0.1) is 23.7 Å². The van der Waals surface area contributed by atoms with Gasteiger partial charge in [-0.05, 0) is 62.7 Å². The molecule has 1 unspecified atom stereocenters. The number of nitrogens with one attached hydrogen (secondary N) is 1. The molecule has 5 aliphatic rings. The molecule has 4 bridgehead atoms. The number of hydrogen-bond acceptors (Lipinski definition) is 2. The molecule has 0 radical (unpaired) electrons. The van der Waals surface area contributed by atoms with Crippen LogP contribution in [0.1, 0.15) is 62.5 Å². The molecule has 108 valence electrons. The van der Waals surface area contributed by atoms with Crippen LogP contribution in [0.4, 0.5) is 0 Å². The summed E-state index contributed by atoms with van der Waals surface area (Å²) < 4.78 is 2.42. The van der Waals surface area contributed by atoms with Crippen molar-refractivity contribution in [2.75, 3.05) is 6.54 Å². The molecule has 0 saturated heterocycles. The van der Waals surface area contributed by atoms with Gasteiger partial charge in [0.25, 0.3) is 0 Å². The highest BCUT2D eigenvalue weighted by Gasteiger charge is 2.49. The highest BCUT2D eigenvalue weighted by atomic mass is 15.2. The predicted octanol–water partition coefficient (Wildman–Crippen LogP) is 3.09. The molecule has 4 fully saturated rings. The molecule has 0 amide bonds. The Morgan fingerprint density at radius 1 is 1.10 bits per heavy atom. The highest BCUT2D eigenvalue weighted by Crippen LogP contribution is 2.59. The average molecular weight is 271 g/mol. The molecule has 4 aliphatic carbocycles. The van der Waals surface area contributed by atoms with Gasteiger partial charge in [-0.2, -0.15) is 0 Å². The Morgan fingerprint density at radius 2 is 1.80 bits per heavy atom. The summed E-state index contributed by atoms with van der Waals surface area (Å²) >= 11 is 0. The van der Waals surface area contributed by atoms with Crippen molar-refractivity contribution in [3.05, 3.63) is 17.7 Å². The molecule has 0 spiro atoms. The monoisotopic (exact) mass is 271 g/mol. The molecule has 0 aromatic carbocycles. The molecule has 3 heteroatoms. The van der Waals surface area contributed by atoms with E-state index in [1.54, 1.807) is 6.42 Å². The number of imidazole rings is 1. The van der Waals surface area contributed by atoms with Crippen LogP contribution in [0.3, 0.4) is 0 Å². The van der Waals surface area contributed by atoms with Crippen molar-refractivity contribution < 1.29 is 0 Å². The molecule has 3 nitrogen and oxygen atoms in total. The first kappa shape index (κ1) is 11.8. The van der Waals surface area contributed by atoms with Crippen molar-refractivity contribution in [1.82, 2.24) is 14.9 Å². The number of nitrogens with zero attached hydrogens (tertiary/aromatic N) is 2. The minimum absolute atomic E-state index is 0.425. The topological polar surface area (TPSA) is 29.9 Å². The van der Waals surface area contributed by atoms with Crippen molar-refractivity contribution in [1.29, 1.82) is 0 Å². The van der Waals surface area contributed by atoms with Gasteiger partial charge < -0.3 is 9.88 Å². The van der Waals surface area contributed by atoms with Crippen LogP contribution in [-0.2, 0) is 6.54 Å². The van der Waals surface area contributed by atoms with Crippen molar-refractivity contribution in [2.45, 2.75) is 57.5 Å². The normalized spacial score (nSPS) is 45.6. The summed E-state index contributed by atoms with van der Waals surface area (Å²) in [6.07, 6.45) is 9.92. The molecule has 1 aromatic rings. The van der Waals surface area contributed by atoms with Crippen molar-refractivity contribution in [3.8, 4) is 0 Å². The zero-order chi connectivity index (χ0) is 13.3. The molecule has 6 rings (SSSR count). The van der Waals surface area contributed by atoms with E-state index >= 15 is 0 Å². The molecule has 2 heterocycles. The highest BCUT2D eigenvalue weighted by molar-refractivity contribution is 5.19. The van der Waals surface area contributed by atoms with Gasteiger partial charge in [0.1, 0.15) is 5.82 Å². The van der Waals surface area contributed by atoms with E-state index in [1.165, 1.54) is 37.2 Å². The summed E-state index contributed by atoms with van der Waals surface area (Å²) in [4.78, 5) is 5.08. The summed E-state index contributed by atoms with van der Waals surface area (Å²) in [6.45, 7) is 4.43. The number of aromatic nitrogens is 2. The van der Waals surface area contributed by atoms with E-state index in [0.29, 0.717) is 6.04 Å². The van der Waals surface area contributed by atoms with Gasteiger partial charge in [0.2, 0.25) is 0 Å². The van der Waals surface area contributed by atoms with E-state index in [4.69, 9.17) is 4.98 Å². The Labute approximate surface area is 121 Å². The van der Waals surface area contributed by atoms with Crippen LogP contribution in [0.5, 0.6) is 0 Å². The molecule has 20 heavy (non-hydrogen) atoms. The second-order valence-electron chi connectivity index (χ2n) is 7.85.